The summed E-state index contributed by atoms with van der Waals surface area (Å²) in [5.74, 6) is -0.895. The Kier molecular flexibility index (Phi) is 8.79. The number of thiazole rings is 1. The Labute approximate surface area is 177 Å². The predicted molar refractivity (Wildman–Crippen MR) is 116 cm³/mol. The first-order valence-electron chi connectivity index (χ1n) is 8.74. The number of carbonyl (C=O) groups is 1. The Balaban J connectivity index is 0.000000941. The van der Waals surface area contributed by atoms with Crippen LogP contribution in [0, 0.1) is 5.82 Å². The molecule has 0 saturated carbocycles. The highest BCUT2D eigenvalue weighted by molar-refractivity contribution is 7.18. The molecule has 5 nitrogen and oxygen atoms in total. The van der Waals surface area contributed by atoms with Gasteiger partial charge >= 0.3 is 0 Å². The highest BCUT2D eigenvalue weighted by atomic mass is 35.5. The maximum Gasteiger partial charge on any atom is 0.252 e. The Morgan fingerprint density at radius 1 is 1.31 bits per heavy atom. The summed E-state index contributed by atoms with van der Waals surface area (Å²) in [6.07, 6.45) is 3.34. The maximum absolute atomic E-state index is 14.5. The van der Waals surface area contributed by atoms with Crippen LogP contribution in [0.4, 0.5) is 4.39 Å². The van der Waals surface area contributed by atoms with E-state index in [2.05, 4.69) is 22.6 Å². The molecule has 3 aromatic rings. The first-order chi connectivity index (χ1) is 14.0. The lowest BCUT2D eigenvalue weighted by atomic mass is 10.1. The molecule has 0 bridgehead atoms. The van der Waals surface area contributed by atoms with Gasteiger partial charge in [0.2, 0.25) is 0 Å². The van der Waals surface area contributed by atoms with E-state index in [4.69, 9.17) is 16.7 Å². The molecule has 152 valence electrons. The van der Waals surface area contributed by atoms with Gasteiger partial charge in [-0.2, -0.15) is 0 Å². The molecule has 0 aliphatic rings. The van der Waals surface area contributed by atoms with Crippen molar-refractivity contribution in [2.75, 3.05) is 13.2 Å². The van der Waals surface area contributed by atoms with E-state index in [0.29, 0.717) is 23.0 Å². The van der Waals surface area contributed by atoms with Crippen LogP contribution < -0.4 is 11.1 Å². The average molecular weight is 434 g/mol. The van der Waals surface area contributed by atoms with Gasteiger partial charge in [0.15, 0.2) is 0 Å². The van der Waals surface area contributed by atoms with E-state index in [1.165, 1.54) is 29.7 Å². The zero-order valence-electron chi connectivity index (χ0n) is 15.6. The summed E-state index contributed by atoms with van der Waals surface area (Å²) in [7, 11) is 0. The SMILES string of the molecule is C=CN.O=C(NCCCO)c1cccc(F)c1-c1ncc(-c2ccc(Cl)cc2)s1. The van der Waals surface area contributed by atoms with Gasteiger partial charge in [-0.05, 0) is 42.4 Å². The molecule has 0 aliphatic carbocycles. The number of halogens is 2. The minimum absolute atomic E-state index is 0.0206. The van der Waals surface area contributed by atoms with Crippen LogP contribution in [0.15, 0.2) is 61.4 Å². The summed E-state index contributed by atoms with van der Waals surface area (Å²) in [6, 6.07) is 11.7. The minimum Gasteiger partial charge on any atom is -0.405 e. The first kappa shape index (κ1) is 22.5. The fourth-order valence-corrected chi connectivity index (χ4v) is 3.55. The summed E-state index contributed by atoms with van der Waals surface area (Å²) in [6.45, 7) is 3.44. The molecule has 0 radical (unpaired) electrons. The van der Waals surface area contributed by atoms with Gasteiger partial charge in [0.25, 0.3) is 5.91 Å². The molecule has 1 amide bonds. The molecule has 1 heterocycles. The summed E-state index contributed by atoms with van der Waals surface area (Å²) in [5.41, 5.74) is 5.93. The zero-order valence-corrected chi connectivity index (χ0v) is 17.1. The lowest BCUT2D eigenvalue weighted by molar-refractivity contribution is 0.0951. The van der Waals surface area contributed by atoms with Gasteiger partial charge in [-0.1, -0.05) is 36.4 Å². The Morgan fingerprint density at radius 3 is 2.66 bits per heavy atom. The highest BCUT2D eigenvalue weighted by Gasteiger charge is 2.19. The van der Waals surface area contributed by atoms with Gasteiger partial charge in [-0.25, -0.2) is 9.37 Å². The number of nitrogens with one attached hydrogen (secondary N) is 1. The second kappa shape index (κ2) is 11.3. The van der Waals surface area contributed by atoms with E-state index in [-0.39, 0.29) is 17.7 Å². The molecule has 0 saturated heterocycles. The number of aromatic nitrogens is 1. The molecule has 4 N–H and O–H groups in total. The summed E-state index contributed by atoms with van der Waals surface area (Å²) >= 11 is 7.21. The third kappa shape index (κ3) is 6.12. The maximum atomic E-state index is 14.5. The van der Waals surface area contributed by atoms with Crippen LogP contribution in [0.3, 0.4) is 0 Å². The van der Waals surface area contributed by atoms with E-state index in [1.54, 1.807) is 24.4 Å². The van der Waals surface area contributed by atoms with Crippen molar-refractivity contribution in [1.29, 1.82) is 0 Å². The molecule has 0 spiro atoms. The standard InChI is InChI=1S/C19H16ClFN2O2S.C2H5N/c20-13-7-5-12(6-8-13)16-11-23-19(26-16)17-14(3-1-4-15(17)21)18(25)22-9-2-10-24;1-2-3/h1,3-8,11,24H,2,9-10H2,(H,22,25);2H,1,3H2. The Bertz CT molecular complexity index is 961. The topological polar surface area (TPSA) is 88.2 Å². The molecule has 8 heteroatoms. The minimum atomic E-state index is -0.503. The molecule has 29 heavy (non-hydrogen) atoms. The largest absolute Gasteiger partial charge is 0.405 e. The van der Waals surface area contributed by atoms with Crippen molar-refractivity contribution in [2.45, 2.75) is 6.42 Å². The number of benzene rings is 2. The van der Waals surface area contributed by atoms with Crippen molar-refractivity contribution in [1.82, 2.24) is 10.3 Å². The molecule has 0 unspecified atom stereocenters. The number of aliphatic hydroxyl groups is 1. The number of nitrogens with two attached hydrogens (primary N) is 1. The fourth-order valence-electron chi connectivity index (χ4n) is 2.44. The van der Waals surface area contributed by atoms with Crippen molar-refractivity contribution >= 4 is 28.8 Å². The van der Waals surface area contributed by atoms with Gasteiger partial charge < -0.3 is 16.2 Å². The normalized spacial score (nSPS) is 10.0. The van der Waals surface area contributed by atoms with E-state index in [1.807, 2.05) is 12.1 Å². The third-order valence-corrected chi connectivity index (χ3v) is 5.04. The van der Waals surface area contributed by atoms with Crippen LogP contribution in [0.5, 0.6) is 0 Å². The van der Waals surface area contributed by atoms with E-state index < -0.39 is 11.7 Å². The highest BCUT2D eigenvalue weighted by Crippen LogP contribution is 2.35. The summed E-state index contributed by atoms with van der Waals surface area (Å²) in [5, 5.41) is 12.6. The quantitative estimate of drug-likeness (QED) is 0.500. The zero-order chi connectivity index (χ0) is 21.2. The molecule has 0 fully saturated rings. The number of aliphatic hydroxyl groups excluding tert-OH is 1. The number of hydrogen-bond acceptors (Lipinski definition) is 5. The van der Waals surface area contributed by atoms with E-state index >= 15 is 0 Å². The van der Waals surface area contributed by atoms with Gasteiger partial charge in [-0.3, -0.25) is 4.79 Å². The van der Waals surface area contributed by atoms with Crippen LogP contribution in [0.25, 0.3) is 21.0 Å². The van der Waals surface area contributed by atoms with E-state index in [0.717, 1.165) is 10.4 Å². The summed E-state index contributed by atoms with van der Waals surface area (Å²) < 4.78 is 14.5. The molecule has 0 atom stereocenters. The average Bonchev–Trinajstić information content (AvgIpc) is 3.18. The Morgan fingerprint density at radius 2 is 2.00 bits per heavy atom. The first-order valence-corrected chi connectivity index (χ1v) is 9.93. The van der Waals surface area contributed by atoms with Crippen molar-refractivity contribution < 1.29 is 14.3 Å². The monoisotopic (exact) mass is 433 g/mol. The number of rotatable bonds is 6. The fraction of sp³-hybridized carbons (Fsp3) is 0.143. The van der Waals surface area contributed by atoms with Crippen LogP contribution >= 0.6 is 22.9 Å². The van der Waals surface area contributed by atoms with Crippen LogP contribution in [0.2, 0.25) is 5.02 Å². The molecule has 2 aromatic carbocycles. The van der Waals surface area contributed by atoms with Crippen molar-refractivity contribution in [3.05, 3.63) is 77.8 Å². The smallest absolute Gasteiger partial charge is 0.252 e. The molecular weight excluding hydrogens is 413 g/mol. The molecule has 3 rings (SSSR count). The van der Waals surface area contributed by atoms with Crippen molar-refractivity contribution in [2.24, 2.45) is 5.73 Å². The van der Waals surface area contributed by atoms with Gasteiger partial charge in [-0.15, -0.1) is 11.3 Å². The second-order valence-electron chi connectivity index (χ2n) is 5.77. The van der Waals surface area contributed by atoms with Crippen LogP contribution in [-0.4, -0.2) is 29.1 Å². The van der Waals surface area contributed by atoms with E-state index in [9.17, 15) is 9.18 Å². The Hall–Kier alpha value is -2.74. The molecule has 1 aromatic heterocycles. The van der Waals surface area contributed by atoms with Crippen molar-refractivity contribution in [3.8, 4) is 21.0 Å². The van der Waals surface area contributed by atoms with Crippen molar-refractivity contribution in [3.63, 3.8) is 0 Å². The number of carbonyl (C=O) groups excluding carboxylic acids is 1. The predicted octanol–water partition coefficient (Wildman–Crippen LogP) is 4.47. The molecular formula is C21H21ClFN3O2S. The van der Waals surface area contributed by atoms with Crippen LogP contribution in [0.1, 0.15) is 16.8 Å². The van der Waals surface area contributed by atoms with Gasteiger partial charge in [0.1, 0.15) is 10.8 Å². The molecule has 0 aliphatic heterocycles. The lowest BCUT2D eigenvalue weighted by Gasteiger charge is -2.09. The lowest BCUT2D eigenvalue weighted by Crippen LogP contribution is -2.25. The van der Waals surface area contributed by atoms with Gasteiger partial charge in [0.05, 0.1) is 16.0 Å². The summed E-state index contributed by atoms with van der Waals surface area (Å²) in [4.78, 5) is 17.5. The number of hydrogen-bond donors (Lipinski definition) is 3. The third-order valence-electron chi connectivity index (χ3n) is 3.73. The van der Waals surface area contributed by atoms with Gasteiger partial charge in [0, 0.05) is 24.4 Å². The number of amides is 1. The second-order valence-corrected chi connectivity index (χ2v) is 7.23. The number of nitrogens with zero attached hydrogens (tertiary/aromatic N) is 1. The van der Waals surface area contributed by atoms with Crippen LogP contribution in [-0.2, 0) is 0 Å².